The Hall–Kier alpha value is -2.15. The Balaban J connectivity index is 2.36. The van der Waals surface area contributed by atoms with E-state index >= 15 is 0 Å². The zero-order valence-corrected chi connectivity index (χ0v) is 11.1. The molecule has 0 amide bonds. The highest BCUT2D eigenvalue weighted by Crippen LogP contribution is 2.22. The normalized spacial score (nSPS) is 10.6. The van der Waals surface area contributed by atoms with E-state index in [0.29, 0.717) is 10.6 Å². The van der Waals surface area contributed by atoms with Gasteiger partial charge in [0, 0.05) is 19.4 Å². The van der Waals surface area contributed by atoms with E-state index in [-0.39, 0.29) is 17.0 Å². The largest absolute Gasteiger partial charge is 0.476 e. The number of aromatic carboxylic acids is 1. The molecule has 0 bridgehead atoms. The van der Waals surface area contributed by atoms with Crippen LogP contribution in [0.3, 0.4) is 0 Å². The van der Waals surface area contributed by atoms with E-state index in [1.807, 2.05) is 0 Å². The SMILES string of the molecule is CC(=O)c1sc(Cc2cc(F)cc(F)c2)nc1C(=O)O. The molecule has 7 heteroatoms. The Bertz CT molecular complexity index is 645. The fraction of sp³-hybridized carbons (Fsp3) is 0.154. The molecule has 20 heavy (non-hydrogen) atoms. The van der Waals surface area contributed by atoms with Crippen molar-refractivity contribution in [3.63, 3.8) is 0 Å². The monoisotopic (exact) mass is 297 g/mol. The van der Waals surface area contributed by atoms with Crippen molar-refractivity contribution >= 4 is 23.1 Å². The van der Waals surface area contributed by atoms with Crippen LogP contribution in [0.15, 0.2) is 18.2 Å². The Labute approximate surface area is 116 Å². The number of carboxylic acids is 1. The first-order valence-corrected chi connectivity index (χ1v) is 6.37. The molecule has 1 aromatic carbocycles. The first-order chi connectivity index (χ1) is 9.36. The number of rotatable bonds is 4. The summed E-state index contributed by atoms with van der Waals surface area (Å²) in [5, 5.41) is 9.27. The van der Waals surface area contributed by atoms with Gasteiger partial charge in [-0.05, 0) is 17.7 Å². The van der Waals surface area contributed by atoms with Crippen LogP contribution in [0.2, 0.25) is 0 Å². The second-order valence-electron chi connectivity index (χ2n) is 4.10. The number of halogens is 2. The summed E-state index contributed by atoms with van der Waals surface area (Å²) in [4.78, 5) is 26.2. The molecular weight excluding hydrogens is 288 g/mol. The van der Waals surface area contributed by atoms with Crippen molar-refractivity contribution in [3.05, 3.63) is 51.0 Å². The van der Waals surface area contributed by atoms with Gasteiger partial charge in [0.05, 0.1) is 5.01 Å². The van der Waals surface area contributed by atoms with Gasteiger partial charge in [-0.2, -0.15) is 0 Å². The van der Waals surface area contributed by atoms with Crippen LogP contribution in [0, 0.1) is 11.6 Å². The molecule has 1 N–H and O–H groups in total. The van der Waals surface area contributed by atoms with Crippen LogP contribution >= 0.6 is 11.3 Å². The van der Waals surface area contributed by atoms with Crippen LogP contribution in [0.25, 0.3) is 0 Å². The first kappa shape index (κ1) is 14.3. The lowest BCUT2D eigenvalue weighted by Gasteiger charge is -1.99. The topological polar surface area (TPSA) is 67.3 Å². The summed E-state index contributed by atoms with van der Waals surface area (Å²) in [6.45, 7) is 1.24. The summed E-state index contributed by atoms with van der Waals surface area (Å²) >= 11 is 0.916. The van der Waals surface area contributed by atoms with E-state index in [1.54, 1.807) is 0 Å². The maximum atomic E-state index is 13.1. The minimum Gasteiger partial charge on any atom is -0.476 e. The summed E-state index contributed by atoms with van der Waals surface area (Å²) in [5.74, 6) is -3.15. The molecule has 0 saturated heterocycles. The predicted molar refractivity (Wildman–Crippen MR) is 68.2 cm³/mol. The Morgan fingerprint density at radius 3 is 2.30 bits per heavy atom. The summed E-state index contributed by atoms with van der Waals surface area (Å²) in [7, 11) is 0. The molecule has 0 aliphatic rings. The molecule has 1 aromatic heterocycles. The number of carboxylic acid groups (broad SMARTS) is 1. The molecule has 0 radical (unpaired) electrons. The number of hydrogen-bond acceptors (Lipinski definition) is 4. The van der Waals surface area contributed by atoms with Crippen LogP contribution in [-0.2, 0) is 6.42 Å². The molecule has 4 nitrogen and oxygen atoms in total. The second kappa shape index (κ2) is 5.46. The fourth-order valence-electron chi connectivity index (χ4n) is 1.71. The van der Waals surface area contributed by atoms with Crippen LogP contribution in [-0.4, -0.2) is 21.8 Å². The highest BCUT2D eigenvalue weighted by Gasteiger charge is 2.20. The summed E-state index contributed by atoms with van der Waals surface area (Å²) in [6.07, 6.45) is 0.0624. The lowest BCUT2D eigenvalue weighted by Crippen LogP contribution is -2.03. The Morgan fingerprint density at radius 2 is 1.85 bits per heavy atom. The van der Waals surface area contributed by atoms with Gasteiger partial charge in [-0.15, -0.1) is 11.3 Å². The molecule has 0 saturated carbocycles. The molecule has 0 atom stereocenters. The average molecular weight is 297 g/mol. The predicted octanol–water partition coefficient (Wildman–Crippen LogP) is 2.91. The van der Waals surface area contributed by atoms with Gasteiger partial charge >= 0.3 is 5.97 Å². The van der Waals surface area contributed by atoms with E-state index in [0.717, 1.165) is 29.5 Å². The van der Waals surface area contributed by atoms with Crippen LogP contribution in [0.4, 0.5) is 8.78 Å². The fourth-order valence-corrected chi connectivity index (χ4v) is 2.70. The van der Waals surface area contributed by atoms with Crippen LogP contribution in [0.1, 0.15) is 37.7 Å². The molecule has 0 spiro atoms. The number of benzene rings is 1. The molecule has 0 fully saturated rings. The smallest absolute Gasteiger partial charge is 0.356 e. The molecular formula is C13H9F2NO3S. The number of nitrogens with zero attached hydrogens (tertiary/aromatic N) is 1. The lowest BCUT2D eigenvalue weighted by molar-refractivity contribution is 0.0687. The average Bonchev–Trinajstić information content (AvgIpc) is 2.71. The van der Waals surface area contributed by atoms with Gasteiger partial charge in [-0.1, -0.05) is 0 Å². The van der Waals surface area contributed by atoms with Gasteiger partial charge in [-0.25, -0.2) is 18.6 Å². The van der Waals surface area contributed by atoms with Gasteiger partial charge < -0.3 is 5.11 Å². The molecule has 0 unspecified atom stereocenters. The molecule has 0 aliphatic carbocycles. The van der Waals surface area contributed by atoms with Crippen molar-refractivity contribution in [1.29, 1.82) is 0 Å². The molecule has 1 heterocycles. The van der Waals surface area contributed by atoms with Crippen molar-refractivity contribution < 1.29 is 23.5 Å². The van der Waals surface area contributed by atoms with Gasteiger partial charge in [0.25, 0.3) is 0 Å². The summed E-state index contributed by atoms with van der Waals surface area (Å²) < 4.78 is 26.1. The van der Waals surface area contributed by atoms with Gasteiger partial charge in [-0.3, -0.25) is 4.79 Å². The maximum absolute atomic E-state index is 13.1. The number of thiazole rings is 1. The quantitative estimate of drug-likeness (QED) is 0.881. The van der Waals surface area contributed by atoms with Gasteiger partial charge in [0.2, 0.25) is 0 Å². The van der Waals surface area contributed by atoms with Crippen molar-refractivity contribution in [2.24, 2.45) is 0 Å². The van der Waals surface area contributed by atoms with Gasteiger partial charge in [0.15, 0.2) is 11.5 Å². The molecule has 0 aliphatic heterocycles. The third kappa shape index (κ3) is 3.05. The number of Topliss-reactive ketones (excluding diaryl/α,β-unsaturated/α-hetero) is 1. The van der Waals surface area contributed by atoms with Gasteiger partial charge in [0.1, 0.15) is 16.5 Å². The first-order valence-electron chi connectivity index (χ1n) is 5.55. The van der Waals surface area contributed by atoms with Crippen molar-refractivity contribution in [3.8, 4) is 0 Å². The Kier molecular flexibility index (Phi) is 3.89. The molecule has 2 rings (SSSR count). The summed E-state index contributed by atoms with van der Waals surface area (Å²) in [6, 6.07) is 3.02. The number of hydrogen-bond donors (Lipinski definition) is 1. The number of aromatic nitrogens is 1. The van der Waals surface area contributed by atoms with E-state index in [4.69, 9.17) is 5.11 Å². The zero-order valence-electron chi connectivity index (χ0n) is 10.3. The second-order valence-corrected chi connectivity index (χ2v) is 5.18. The third-order valence-corrected chi connectivity index (χ3v) is 3.63. The van der Waals surface area contributed by atoms with E-state index < -0.39 is 23.4 Å². The lowest BCUT2D eigenvalue weighted by atomic mass is 10.1. The van der Waals surface area contributed by atoms with Crippen molar-refractivity contribution in [1.82, 2.24) is 4.98 Å². The molecule has 104 valence electrons. The van der Waals surface area contributed by atoms with Crippen molar-refractivity contribution in [2.75, 3.05) is 0 Å². The standard InChI is InChI=1S/C13H9F2NO3S/c1-6(17)12-11(13(18)19)16-10(20-12)4-7-2-8(14)5-9(15)3-7/h2-3,5H,4H2,1H3,(H,18,19). The van der Waals surface area contributed by atoms with E-state index in [1.165, 1.54) is 6.92 Å². The minimum absolute atomic E-state index is 0.0318. The number of ketones is 1. The van der Waals surface area contributed by atoms with E-state index in [2.05, 4.69) is 4.98 Å². The number of carbonyl (C=O) groups is 2. The van der Waals surface area contributed by atoms with Crippen LogP contribution < -0.4 is 0 Å². The molecule has 2 aromatic rings. The van der Waals surface area contributed by atoms with Crippen LogP contribution in [0.5, 0.6) is 0 Å². The Morgan fingerprint density at radius 1 is 1.25 bits per heavy atom. The minimum atomic E-state index is -1.30. The summed E-state index contributed by atoms with van der Waals surface area (Å²) in [5.41, 5.74) is -0.00216. The number of carbonyl (C=O) groups excluding carboxylic acids is 1. The maximum Gasteiger partial charge on any atom is 0.356 e. The zero-order chi connectivity index (χ0) is 14.9. The highest BCUT2D eigenvalue weighted by molar-refractivity contribution is 7.14. The highest BCUT2D eigenvalue weighted by atomic mass is 32.1. The van der Waals surface area contributed by atoms with Crippen molar-refractivity contribution in [2.45, 2.75) is 13.3 Å². The van der Waals surface area contributed by atoms with E-state index in [9.17, 15) is 18.4 Å². The third-order valence-electron chi connectivity index (χ3n) is 2.47.